The minimum absolute atomic E-state index is 0.831. The summed E-state index contributed by atoms with van der Waals surface area (Å²) in [6.07, 6.45) is 1.59. The Balaban J connectivity index is 0.000000570. The van der Waals surface area contributed by atoms with Crippen LogP contribution >= 0.6 is 0 Å². The maximum Gasteiger partial charge on any atom is 0.168 e. The zero-order valence-electron chi connectivity index (χ0n) is 16.1. The maximum atomic E-state index is 4.80. The van der Waals surface area contributed by atoms with Gasteiger partial charge in [0.05, 0.1) is 5.69 Å². The number of benzene rings is 2. The Bertz CT molecular complexity index is 928. The van der Waals surface area contributed by atoms with Crippen molar-refractivity contribution in [1.29, 1.82) is 0 Å². The van der Waals surface area contributed by atoms with Gasteiger partial charge in [0.2, 0.25) is 0 Å². The van der Waals surface area contributed by atoms with E-state index in [4.69, 9.17) is 4.98 Å². The number of imidazole rings is 1. The van der Waals surface area contributed by atoms with Gasteiger partial charge in [0, 0.05) is 11.3 Å². The fourth-order valence-electron chi connectivity index (χ4n) is 2.61. The summed E-state index contributed by atoms with van der Waals surface area (Å²) in [6, 6.07) is 20.3. The first-order chi connectivity index (χ1) is 12.8. The van der Waals surface area contributed by atoms with Crippen LogP contribution in [0.3, 0.4) is 0 Å². The molecular weight excluding hydrogens is 320 g/mol. The molecule has 2 aromatic carbocycles. The van der Waals surface area contributed by atoms with Crippen LogP contribution in [0.15, 0.2) is 67.0 Å². The van der Waals surface area contributed by atoms with Gasteiger partial charge in [0.15, 0.2) is 5.65 Å². The smallest absolute Gasteiger partial charge is 0.168 e. The van der Waals surface area contributed by atoms with Gasteiger partial charge in [-0.2, -0.15) is 0 Å². The summed E-state index contributed by atoms with van der Waals surface area (Å²) in [5, 5.41) is 0. The second-order valence-electron chi connectivity index (χ2n) is 5.10. The van der Waals surface area contributed by atoms with Crippen molar-refractivity contribution in [2.45, 2.75) is 34.6 Å². The van der Waals surface area contributed by atoms with E-state index in [1.165, 1.54) is 0 Å². The molecule has 26 heavy (non-hydrogen) atoms. The van der Waals surface area contributed by atoms with E-state index in [-0.39, 0.29) is 0 Å². The summed E-state index contributed by atoms with van der Waals surface area (Å²) in [6.45, 7) is 9.96. The minimum atomic E-state index is 0.831. The van der Waals surface area contributed by atoms with Crippen molar-refractivity contribution in [3.05, 3.63) is 72.7 Å². The van der Waals surface area contributed by atoms with Crippen molar-refractivity contribution in [3.8, 4) is 17.1 Å². The normalized spacial score (nSPS) is 9.73. The van der Waals surface area contributed by atoms with Crippen LogP contribution in [0.4, 0.5) is 0 Å². The molecule has 134 valence electrons. The molecular formula is C22H26N4. The van der Waals surface area contributed by atoms with E-state index in [1.54, 1.807) is 6.33 Å². The number of para-hydroxylation sites is 1. The van der Waals surface area contributed by atoms with E-state index in [0.717, 1.165) is 33.9 Å². The summed E-state index contributed by atoms with van der Waals surface area (Å²) in [7, 11) is 0. The Morgan fingerprint density at radius 2 is 1.31 bits per heavy atom. The average molecular weight is 346 g/mol. The van der Waals surface area contributed by atoms with Gasteiger partial charge in [0.25, 0.3) is 0 Å². The van der Waals surface area contributed by atoms with Crippen molar-refractivity contribution >= 4 is 11.2 Å². The second-order valence-corrected chi connectivity index (χ2v) is 5.10. The van der Waals surface area contributed by atoms with E-state index in [9.17, 15) is 0 Å². The van der Waals surface area contributed by atoms with Crippen molar-refractivity contribution in [1.82, 2.24) is 19.5 Å². The third-order valence-corrected chi connectivity index (χ3v) is 3.67. The lowest BCUT2D eigenvalue weighted by Gasteiger charge is -2.08. The highest BCUT2D eigenvalue weighted by atomic mass is 15.1. The Labute approximate surface area is 155 Å². The van der Waals surface area contributed by atoms with E-state index in [1.807, 2.05) is 71.0 Å². The average Bonchev–Trinajstić information content (AvgIpc) is 3.13. The van der Waals surface area contributed by atoms with Gasteiger partial charge >= 0.3 is 0 Å². The number of aromatic nitrogens is 4. The molecule has 0 unspecified atom stereocenters. The summed E-state index contributed by atoms with van der Waals surface area (Å²) < 4.78 is 2.08. The van der Waals surface area contributed by atoms with Crippen molar-refractivity contribution in [2.24, 2.45) is 0 Å². The summed E-state index contributed by atoms with van der Waals surface area (Å²) in [5.41, 5.74) is 4.66. The van der Waals surface area contributed by atoms with Crippen LogP contribution in [0, 0.1) is 6.92 Å². The molecule has 0 radical (unpaired) electrons. The molecule has 2 heterocycles. The summed E-state index contributed by atoms with van der Waals surface area (Å²) >= 11 is 0. The lowest BCUT2D eigenvalue weighted by atomic mass is 10.2. The van der Waals surface area contributed by atoms with Crippen LogP contribution in [0.5, 0.6) is 0 Å². The van der Waals surface area contributed by atoms with Gasteiger partial charge in [0.1, 0.15) is 17.7 Å². The largest absolute Gasteiger partial charge is 0.277 e. The highest BCUT2D eigenvalue weighted by Crippen LogP contribution is 2.27. The van der Waals surface area contributed by atoms with Crippen molar-refractivity contribution in [3.63, 3.8) is 0 Å². The first-order valence-electron chi connectivity index (χ1n) is 9.15. The van der Waals surface area contributed by atoms with Gasteiger partial charge in [-0.3, -0.25) is 4.57 Å². The van der Waals surface area contributed by atoms with E-state index in [0.29, 0.717) is 0 Å². The molecule has 2 aromatic heterocycles. The highest BCUT2D eigenvalue weighted by molar-refractivity contribution is 5.81. The number of hydrogen-bond donors (Lipinski definition) is 0. The van der Waals surface area contributed by atoms with Gasteiger partial charge in [-0.1, -0.05) is 76.2 Å². The van der Waals surface area contributed by atoms with Crippen LogP contribution in [-0.4, -0.2) is 19.5 Å². The van der Waals surface area contributed by atoms with E-state index < -0.39 is 0 Å². The van der Waals surface area contributed by atoms with E-state index >= 15 is 0 Å². The topological polar surface area (TPSA) is 43.6 Å². The Morgan fingerprint density at radius 1 is 0.731 bits per heavy atom. The SMILES string of the molecule is CC.CC.Cc1ncnc2c1nc(-c1ccccc1)n2-c1ccccc1. The van der Waals surface area contributed by atoms with Crippen molar-refractivity contribution in [2.75, 3.05) is 0 Å². The molecule has 0 aliphatic rings. The third-order valence-electron chi connectivity index (χ3n) is 3.67. The lowest BCUT2D eigenvalue weighted by Crippen LogP contribution is -1.98. The molecule has 0 bridgehead atoms. The molecule has 4 heteroatoms. The Kier molecular flexibility index (Phi) is 7.03. The van der Waals surface area contributed by atoms with E-state index in [2.05, 4.69) is 38.8 Å². The van der Waals surface area contributed by atoms with Gasteiger partial charge in [-0.05, 0) is 19.1 Å². The zero-order valence-corrected chi connectivity index (χ0v) is 16.1. The molecule has 0 saturated carbocycles. The molecule has 4 rings (SSSR count). The van der Waals surface area contributed by atoms with Gasteiger partial charge in [-0.15, -0.1) is 0 Å². The fraction of sp³-hybridized carbons (Fsp3) is 0.227. The number of nitrogens with zero attached hydrogens (tertiary/aromatic N) is 4. The molecule has 0 fully saturated rings. The summed E-state index contributed by atoms with van der Waals surface area (Å²) in [4.78, 5) is 13.5. The molecule has 0 spiro atoms. The third kappa shape index (κ3) is 3.80. The van der Waals surface area contributed by atoms with Crippen LogP contribution in [0.2, 0.25) is 0 Å². The molecule has 4 nitrogen and oxygen atoms in total. The quantitative estimate of drug-likeness (QED) is 0.458. The lowest BCUT2D eigenvalue weighted by molar-refractivity contribution is 1.06. The Morgan fingerprint density at radius 3 is 1.92 bits per heavy atom. The number of hydrogen-bond acceptors (Lipinski definition) is 3. The van der Waals surface area contributed by atoms with Crippen LogP contribution in [-0.2, 0) is 0 Å². The maximum absolute atomic E-state index is 4.80. The first-order valence-corrected chi connectivity index (χ1v) is 9.15. The molecule has 0 aliphatic carbocycles. The predicted molar refractivity (Wildman–Crippen MR) is 110 cm³/mol. The second kappa shape index (κ2) is 9.47. The zero-order chi connectivity index (χ0) is 18.9. The number of aryl methyl sites for hydroxylation is 1. The number of fused-ring (bicyclic) bond motifs is 1. The molecule has 0 N–H and O–H groups in total. The van der Waals surface area contributed by atoms with Crippen molar-refractivity contribution < 1.29 is 0 Å². The minimum Gasteiger partial charge on any atom is -0.277 e. The monoisotopic (exact) mass is 346 g/mol. The highest BCUT2D eigenvalue weighted by Gasteiger charge is 2.16. The molecule has 0 saturated heterocycles. The first kappa shape index (κ1) is 19.3. The van der Waals surface area contributed by atoms with Gasteiger partial charge < -0.3 is 0 Å². The van der Waals surface area contributed by atoms with Crippen LogP contribution in [0.1, 0.15) is 33.4 Å². The predicted octanol–water partition coefficient (Wildman–Crippen LogP) is 5.84. The van der Waals surface area contributed by atoms with Gasteiger partial charge in [-0.25, -0.2) is 15.0 Å². The molecule has 0 amide bonds. The van der Waals surface area contributed by atoms with Crippen LogP contribution in [0.25, 0.3) is 28.2 Å². The standard InChI is InChI=1S/C18H14N4.2C2H6/c1-13-16-18(20-12-19-13)22(15-10-6-3-7-11-15)17(21-16)14-8-4-2-5-9-14;2*1-2/h2-12H,1H3;2*1-2H3. The summed E-state index contributed by atoms with van der Waals surface area (Å²) in [5.74, 6) is 0.880. The Hall–Kier alpha value is -3.01. The molecule has 0 atom stereocenters. The molecule has 4 aromatic rings. The fourth-order valence-corrected chi connectivity index (χ4v) is 2.61. The number of rotatable bonds is 2. The van der Waals surface area contributed by atoms with Crippen LogP contribution < -0.4 is 0 Å². The molecule has 0 aliphatic heterocycles.